The summed E-state index contributed by atoms with van der Waals surface area (Å²) in [5.41, 5.74) is 1.25. The minimum Gasteiger partial charge on any atom is -0.400 e. The van der Waals surface area contributed by atoms with Crippen LogP contribution in [-0.2, 0) is 13.1 Å². The van der Waals surface area contributed by atoms with E-state index >= 15 is 0 Å². The normalized spacial score (nSPS) is 30.6. The molecule has 2 N–H and O–H groups in total. The third-order valence-corrected chi connectivity index (χ3v) is 16.9. The highest BCUT2D eigenvalue weighted by Crippen LogP contribution is 2.68. The lowest BCUT2D eigenvalue weighted by molar-refractivity contribution is -0.114. The average Bonchev–Trinajstić information content (AvgIpc) is 3.54. The number of unbranched alkanes of at least 4 members (excludes halogenated alkanes) is 8. The van der Waals surface area contributed by atoms with E-state index < -0.39 is 10.6 Å². The molecule has 0 amide bonds. The number of fused-ring (bicyclic) bond motifs is 5. The van der Waals surface area contributed by atoms with Crippen LogP contribution in [0.1, 0.15) is 195 Å². The van der Waals surface area contributed by atoms with E-state index in [0.717, 1.165) is 94.5 Å². The van der Waals surface area contributed by atoms with Gasteiger partial charge in [0.1, 0.15) is 0 Å². The van der Waals surface area contributed by atoms with Gasteiger partial charge in [0.25, 0.3) is 0 Å². The topological polar surface area (TPSA) is 71.4 Å². The van der Waals surface area contributed by atoms with Gasteiger partial charge in [0.05, 0.1) is 6.61 Å². The summed E-state index contributed by atoms with van der Waals surface area (Å²) in [6.45, 7) is 18.0. The molecule has 328 valence electrons. The summed E-state index contributed by atoms with van der Waals surface area (Å²) >= 11 is 0. The Hall–Kier alpha value is 0.110. The van der Waals surface area contributed by atoms with E-state index in [9.17, 15) is 5.11 Å². The maximum atomic E-state index is 9.48. The third kappa shape index (κ3) is 15.3. The molecular weight excluding hydrogens is 703 g/mol. The van der Waals surface area contributed by atoms with Crippen molar-refractivity contribution in [1.82, 2.24) is 4.90 Å². The van der Waals surface area contributed by atoms with Crippen LogP contribution in [0.5, 0.6) is 0 Å². The molecule has 0 aliphatic heterocycles. The Morgan fingerprint density at radius 2 is 1.36 bits per heavy atom. The summed E-state index contributed by atoms with van der Waals surface area (Å²) in [5.74, 6) is 5.84. The minimum absolute atomic E-state index is 0.143. The fraction of sp³-hybridized carbons (Fsp3) is 1.00. The number of aliphatic hydroxyl groups excluding tert-OH is 2. The monoisotopic (exact) mass is 798 g/mol. The Labute approximate surface area is 344 Å². The van der Waals surface area contributed by atoms with Crippen molar-refractivity contribution in [1.29, 1.82) is 0 Å². The van der Waals surface area contributed by atoms with Gasteiger partial charge in [-0.15, -0.1) is 0 Å². The van der Waals surface area contributed by atoms with Gasteiger partial charge in [0.2, 0.25) is 0 Å². The number of rotatable bonds is 28. The first-order chi connectivity index (χ1) is 26.6. The molecular formula is C48H95NO5S. The number of hydrogen-bond donors (Lipinski definition) is 2. The van der Waals surface area contributed by atoms with E-state index in [2.05, 4.69) is 52.0 Å². The summed E-state index contributed by atoms with van der Waals surface area (Å²) in [7, 11) is -0.544. The molecule has 9 atom stereocenters. The minimum atomic E-state index is -1.54. The lowest BCUT2D eigenvalue weighted by atomic mass is 9.44. The summed E-state index contributed by atoms with van der Waals surface area (Å²) in [6.07, 6.45) is 37.2. The molecule has 4 fully saturated rings. The number of hydrogen-bond acceptors (Lipinski definition) is 6. The molecule has 4 rings (SSSR count). The highest BCUT2D eigenvalue weighted by Gasteiger charge is 2.60. The van der Waals surface area contributed by atoms with Crippen molar-refractivity contribution in [2.45, 2.75) is 201 Å². The van der Waals surface area contributed by atoms with Crippen molar-refractivity contribution < 1.29 is 23.3 Å². The Kier molecular flexibility index (Phi) is 23.7. The highest BCUT2D eigenvalue weighted by atomic mass is 32.3. The van der Waals surface area contributed by atoms with Gasteiger partial charge >= 0.3 is 0 Å². The zero-order chi connectivity index (χ0) is 40.2. The largest absolute Gasteiger partial charge is 0.400 e. The third-order valence-electron chi connectivity index (χ3n) is 15.5. The first-order valence-electron chi connectivity index (χ1n) is 24.0. The molecule has 0 saturated heterocycles. The molecule has 0 heterocycles. The van der Waals surface area contributed by atoms with E-state index in [1.807, 2.05) is 0 Å². The van der Waals surface area contributed by atoms with Crippen molar-refractivity contribution in [3.8, 4) is 0 Å². The van der Waals surface area contributed by atoms with Crippen LogP contribution in [-0.4, -0.2) is 80.5 Å². The van der Waals surface area contributed by atoms with Crippen molar-refractivity contribution in [3.05, 3.63) is 0 Å². The molecule has 4 aliphatic rings. The van der Waals surface area contributed by atoms with Crippen LogP contribution in [0, 0.1) is 46.3 Å². The van der Waals surface area contributed by atoms with Gasteiger partial charge in [-0.1, -0.05) is 86.0 Å². The van der Waals surface area contributed by atoms with Crippen LogP contribution in [0.3, 0.4) is 0 Å². The lowest BCUT2D eigenvalue weighted by Gasteiger charge is -2.61. The van der Waals surface area contributed by atoms with Crippen LogP contribution >= 0.6 is 10.6 Å². The van der Waals surface area contributed by atoms with Crippen LogP contribution in [0.2, 0.25) is 0 Å². The second-order valence-electron chi connectivity index (χ2n) is 19.5. The SMILES string of the molecule is CCCCCCCC(OCCCCCCN(CCCCO)CCC[C@@H](C)C1CCC2C3CCC4CCCCC4(C)C3CCC21C)OS(C)(C)OCCC.CO. The van der Waals surface area contributed by atoms with Crippen LogP contribution in [0.25, 0.3) is 0 Å². The summed E-state index contributed by atoms with van der Waals surface area (Å²) in [4.78, 5) is 2.73. The Bertz CT molecular complexity index is 984. The average molecular weight is 798 g/mol. The molecule has 0 aromatic rings. The molecule has 8 unspecified atom stereocenters. The second-order valence-corrected chi connectivity index (χ2v) is 22.2. The predicted molar refractivity (Wildman–Crippen MR) is 237 cm³/mol. The summed E-state index contributed by atoms with van der Waals surface area (Å²) in [5, 5.41) is 16.5. The van der Waals surface area contributed by atoms with Gasteiger partial charge in [-0.05, 0) is 169 Å². The molecule has 4 aliphatic carbocycles. The number of aliphatic hydroxyl groups is 2. The van der Waals surface area contributed by atoms with Gasteiger partial charge in [-0.3, -0.25) is 8.37 Å². The molecule has 55 heavy (non-hydrogen) atoms. The smallest absolute Gasteiger partial charge is 0.180 e. The summed E-state index contributed by atoms with van der Waals surface area (Å²) < 4.78 is 18.8. The maximum absolute atomic E-state index is 9.48. The van der Waals surface area contributed by atoms with E-state index in [4.69, 9.17) is 18.2 Å². The van der Waals surface area contributed by atoms with Crippen molar-refractivity contribution in [2.75, 3.05) is 59.1 Å². The van der Waals surface area contributed by atoms with E-state index in [0.29, 0.717) is 17.4 Å². The Morgan fingerprint density at radius 1 is 0.673 bits per heavy atom. The van der Waals surface area contributed by atoms with Gasteiger partial charge in [-0.2, -0.15) is 10.6 Å². The number of ether oxygens (including phenoxy) is 1. The van der Waals surface area contributed by atoms with Crippen LogP contribution in [0.15, 0.2) is 0 Å². The molecule has 0 aromatic carbocycles. The van der Waals surface area contributed by atoms with Crippen LogP contribution in [0.4, 0.5) is 0 Å². The van der Waals surface area contributed by atoms with Crippen LogP contribution < -0.4 is 0 Å². The quantitative estimate of drug-likeness (QED) is 0.0607. The first-order valence-corrected chi connectivity index (χ1v) is 26.3. The molecule has 6 nitrogen and oxygen atoms in total. The predicted octanol–water partition coefficient (Wildman–Crippen LogP) is 12.7. The van der Waals surface area contributed by atoms with E-state index in [-0.39, 0.29) is 6.29 Å². The van der Waals surface area contributed by atoms with Crippen molar-refractivity contribution >= 4 is 10.6 Å². The zero-order valence-electron chi connectivity index (χ0n) is 37.9. The Morgan fingerprint density at radius 3 is 2.11 bits per heavy atom. The molecule has 7 heteroatoms. The van der Waals surface area contributed by atoms with Crippen molar-refractivity contribution in [3.63, 3.8) is 0 Å². The van der Waals surface area contributed by atoms with Crippen molar-refractivity contribution in [2.24, 2.45) is 46.3 Å². The van der Waals surface area contributed by atoms with E-state index in [1.165, 1.54) is 135 Å². The maximum Gasteiger partial charge on any atom is 0.180 e. The van der Waals surface area contributed by atoms with Gasteiger partial charge in [-0.25, -0.2) is 0 Å². The first kappa shape index (κ1) is 49.5. The summed E-state index contributed by atoms with van der Waals surface area (Å²) in [6, 6.07) is 0. The van der Waals surface area contributed by atoms with Gasteiger partial charge in [0, 0.05) is 39.3 Å². The molecule has 0 radical (unpaired) electrons. The molecule has 0 aromatic heterocycles. The standard InChI is InChI=1S/C47H91NO4S.CH4O/c1-8-10-11-12-15-25-45(52-53(6,7)51-37-9-2)50-38-21-14-13-18-33-48(34-19-20-36-49)35-22-23-39(3)42-28-29-43-41-27-26-40-24-16-17-31-46(40,4)44(41)30-32-47(42,43)5;1-2/h39-45,49H,8-38H2,1-7H3;2H,1H3/t39-,40?,41?,42?,43?,44?,45?,46?,47?;/m1./s1. The molecule has 4 saturated carbocycles. The fourth-order valence-electron chi connectivity index (χ4n) is 12.5. The van der Waals surface area contributed by atoms with E-state index in [1.54, 1.807) is 6.42 Å². The number of nitrogens with zero attached hydrogens (tertiary/aromatic N) is 1. The molecule has 0 spiro atoms. The molecule has 0 bridgehead atoms. The Balaban J connectivity index is 0.00000399. The lowest BCUT2D eigenvalue weighted by Crippen LogP contribution is -2.53. The highest BCUT2D eigenvalue weighted by molar-refractivity contribution is 8.24. The second kappa shape index (κ2) is 26.3. The fourth-order valence-corrected chi connectivity index (χ4v) is 13.8. The zero-order valence-corrected chi connectivity index (χ0v) is 38.8. The van der Waals surface area contributed by atoms with Gasteiger partial charge < -0.3 is 19.8 Å². The van der Waals surface area contributed by atoms with Gasteiger partial charge in [0.15, 0.2) is 6.29 Å².